The molecular weight excluding hydrogens is 440 g/mol. The summed E-state index contributed by atoms with van der Waals surface area (Å²) in [6.07, 6.45) is 11.9. The minimum atomic E-state index is 0. The molecule has 3 fully saturated rings. The van der Waals surface area contributed by atoms with Gasteiger partial charge in [-0.1, -0.05) is 15.1 Å². The second-order valence-corrected chi connectivity index (χ2v) is 8.50. The number of piperidine rings is 3. The third-order valence-electron chi connectivity index (χ3n) is 4.44. The van der Waals surface area contributed by atoms with Crippen LogP contribution in [-0.2, 0) is 44.7 Å². The first-order valence-electron chi connectivity index (χ1n) is 9.24. The zero-order chi connectivity index (χ0) is 17.6. The van der Waals surface area contributed by atoms with Gasteiger partial charge in [0, 0.05) is 26.2 Å². The molecule has 0 bridgehead atoms. The van der Waals surface area contributed by atoms with Crippen LogP contribution in [0.2, 0.25) is 0 Å². The topological polar surface area (TPSA) is 18.5 Å². The SMILES string of the molecule is C1CCNCC1.S=C([S-])N1CCCCC1.S=C([S-])N1CCCCC1.[Zn+2]. The van der Waals surface area contributed by atoms with Crippen LogP contribution in [0.3, 0.4) is 0 Å². The molecule has 3 aliphatic heterocycles. The molecule has 0 aromatic heterocycles. The molecule has 0 spiro atoms. The van der Waals surface area contributed by atoms with Crippen molar-refractivity contribution in [1.82, 2.24) is 15.1 Å². The Labute approximate surface area is 189 Å². The second kappa shape index (κ2) is 16.9. The maximum absolute atomic E-state index is 4.86. The van der Waals surface area contributed by atoms with Gasteiger partial charge in [0.1, 0.15) is 0 Å². The van der Waals surface area contributed by atoms with E-state index < -0.39 is 0 Å². The first-order chi connectivity index (χ1) is 11.6. The molecule has 0 aromatic rings. The molecule has 0 atom stereocenters. The average Bonchev–Trinajstić information content (AvgIpc) is 2.65. The summed E-state index contributed by atoms with van der Waals surface area (Å²) in [7, 11) is 0. The van der Waals surface area contributed by atoms with Crippen molar-refractivity contribution in [2.75, 3.05) is 39.3 Å². The molecule has 25 heavy (non-hydrogen) atoms. The predicted molar refractivity (Wildman–Crippen MR) is 117 cm³/mol. The van der Waals surface area contributed by atoms with Crippen LogP contribution >= 0.6 is 24.4 Å². The minimum Gasteiger partial charge on any atom is -0.411 e. The van der Waals surface area contributed by atoms with Crippen molar-refractivity contribution in [2.24, 2.45) is 0 Å². The van der Waals surface area contributed by atoms with Crippen LogP contribution < -0.4 is 5.32 Å². The quantitative estimate of drug-likeness (QED) is 0.328. The van der Waals surface area contributed by atoms with Crippen LogP contribution in [0.25, 0.3) is 0 Å². The molecule has 0 saturated carbocycles. The van der Waals surface area contributed by atoms with Gasteiger partial charge in [-0.3, -0.25) is 0 Å². The number of hydrogen-bond acceptors (Lipinski definition) is 5. The maximum Gasteiger partial charge on any atom is 2.00 e. The monoisotopic (exact) mass is 469 g/mol. The van der Waals surface area contributed by atoms with E-state index in [0.717, 1.165) is 26.2 Å². The molecule has 1 N–H and O–H groups in total. The van der Waals surface area contributed by atoms with E-state index in [1.54, 1.807) is 0 Å². The molecule has 3 aliphatic rings. The molecule has 3 rings (SSSR count). The van der Waals surface area contributed by atoms with Gasteiger partial charge in [0.15, 0.2) is 0 Å². The van der Waals surface area contributed by atoms with Gasteiger partial charge in [-0.2, -0.15) is 0 Å². The second-order valence-electron chi connectivity index (χ2n) is 6.44. The van der Waals surface area contributed by atoms with E-state index in [1.807, 2.05) is 0 Å². The average molecular weight is 471 g/mol. The Hall–Kier alpha value is 0.803. The van der Waals surface area contributed by atoms with Crippen LogP contribution in [0.5, 0.6) is 0 Å². The molecule has 0 aliphatic carbocycles. The summed E-state index contributed by atoms with van der Waals surface area (Å²) in [4.78, 5) is 4.21. The predicted octanol–water partition coefficient (Wildman–Crippen LogP) is 3.37. The van der Waals surface area contributed by atoms with Crippen molar-refractivity contribution in [3.05, 3.63) is 0 Å². The van der Waals surface area contributed by atoms with Gasteiger partial charge in [0.05, 0.1) is 0 Å². The molecule has 0 aromatic carbocycles. The van der Waals surface area contributed by atoms with E-state index in [1.165, 1.54) is 70.9 Å². The van der Waals surface area contributed by atoms with E-state index in [0.29, 0.717) is 8.64 Å². The van der Waals surface area contributed by atoms with Crippen molar-refractivity contribution in [3.8, 4) is 0 Å². The Balaban J connectivity index is 0.000000346. The fourth-order valence-electron chi connectivity index (χ4n) is 2.95. The summed E-state index contributed by atoms with van der Waals surface area (Å²) >= 11 is 19.4. The Morgan fingerprint density at radius 2 is 0.920 bits per heavy atom. The number of nitrogens with one attached hydrogen (secondary N) is 1. The van der Waals surface area contributed by atoms with Crippen molar-refractivity contribution >= 4 is 58.3 Å². The van der Waals surface area contributed by atoms with Crippen molar-refractivity contribution in [3.63, 3.8) is 0 Å². The number of hydrogen-bond donors (Lipinski definition) is 1. The standard InChI is InChI=1S/2C6H11NS2.C5H11N.Zn/c2*8-6(9)7-4-2-1-3-5-7;1-2-4-6-5-3-1;/h2*1-5H2,(H,8,9);6H,1-5H2;/q;;;+2/p-2. The molecule has 0 amide bonds. The molecule has 8 heteroatoms. The Bertz CT molecular complexity index is 316. The summed E-state index contributed by atoms with van der Waals surface area (Å²) in [5.41, 5.74) is 0. The van der Waals surface area contributed by atoms with E-state index in [2.05, 4.69) is 15.1 Å². The van der Waals surface area contributed by atoms with Crippen LogP contribution in [0.4, 0.5) is 0 Å². The van der Waals surface area contributed by atoms with Crippen molar-refractivity contribution in [1.29, 1.82) is 0 Å². The van der Waals surface area contributed by atoms with E-state index >= 15 is 0 Å². The van der Waals surface area contributed by atoms with E-state index in [9.17, 15) is 0 Å². The number of rotatable bonds is 0. The summed E-state index contributed by atoms with van der Waals surface area (Å²) < 4.78 is 1.30. The third kappa shape index (κ3) is 13.6. The zero-order valence-electron chi connectivity index (χ0n) is 15.3. The Kier molecular flexibility index (Phi) is 17.5. The summed E-state index contributed by atoms with van der Waals surface area (Å²) in [5.74, 6) is 0. The molecule has 0 radical (unpaired) electrons. The van der Waals surface area contributed by atoms with Gasteiger partial charge in [-0.25, -0.2) is 0 Å². The van der Waals surface area contributed by atoms with Gasteiger partial charge in [-0.05, 0) is 64.5 Å². The van der Waals surface area contributed by atoms with E-state index in [-0.39, 0.29) is 19.5 Å². The van der Waals surface area contributed by atoms with E-state index in [4.69, 9.17) is 49.7 Å². The summed E-state index contributed by atoms with van der Waals surface area (Å²) in [6, 6.07) is 0. The molecule has 3 saturated heterocycles. The largest absolute Gasteiger partial charge is 2.00 e. The number of nitrogens with zero attached hydrogens (tertiary/aromatic N) is 2. The van der Waals surface area contributed by atoms with Crippen molar-refractivity contribution < 1.29 is 19.5 Å². The van der Waals surface area contributed by atoms with Crippen molar-refractivity contribution in [2.45, 2.75) is 57.8 Å². The number of likely N-dealkylation sites (tertiary alicyclic amines) is 2. The smallest absolute Gasteiger partial charge is 0.411 e. The van der Waals surface area contributed by atoms with Gasteiger partial charge < -0.3 is 64.8 Å². The summed E-state index contributed by atoms with van der Waals surface area (Å²) in [5, 5.41) is 3.28. The summed E-state index contributed by atoms with van der Waals surface area (Å²) in [6.45, 7) is 6.84. The van der Waals surface area contributed by atoms with Gasteiger partial charge in [0.25, 0.3) is 0 Å². The van der Waals surface area contributed by atoms with Crippen LogP contribution in [0.1, 0.15) is 57.8 Å². The van der Waals surface area contributed by atoms with Gasteiger partial charge >= 0.3 is 19.5 Å². The van der Waals surface area contributed by atoms with Crippen LogP contribution in [0, 0.1) is 0 Å². The molecule has 3 nitrogen and oxygen atoms in total. The Morgan fingerprint density at radius 3 is 1.08 bits per heavy atom. The first kappa shape index (κ1) is 25.8. The third-order valence-corrected chi connectivity index (χ3v) is 5.47. The fraction of sp³-hybridized carbons (Fsp3) is 0.882. The molecule has 0 unspecified atom stereocenters. The van der Waals surface area contributed by atoms with Crippen LogP contribution in [-0.4, -0.2) is 57.7 Å². The Morgan fingerprint density at radius 1 is 0.600 bits per heavy atom. The minimum absolute atomic E-state index is 0. The molecule has 3 heterocycles. The maximum atomic E-state index is 4.86. The molecular formula is C17H31N3S4Zn. The fourth-order valence-corrected chi connectivity index (χ4v) is 3.69. The first-order valence-corrected chi connectivity index (χ1v) is 10.9. The van der Waals surface area contributed by atoms with Gasteiger partial charge in [-0.15, -0.1) is 0 Å². The molecule has 140 valence electrons. The van der Waals surface area contributed by atoms with Gasteiger partial charge in [0.2, 0.25) is 0 Å². The number of thiocarbonyl (C=S) groups is 2. The van der Waals surface area contributed by atoms with Crippen LogP contribution in [0.15, 0.2) is 0 Å². The zero-order valence-corrected chi connectivity index (χ0v) is 21.6. The normalized spacial score (nSPS) is 20.0.